The molecule has 1 aromatic rings. The summed E-state index contributed by atoms with van der Waals surface area (Å²) in [6.45, 7) is 0. The van der Waals surface area contributed by atoms with Gasteiger partial charge in [0.1, 0.15) is 4.90 Å². The summed E-state index contributed by atoms with van der Waals surface area (Å²) in [5, 5.41) is 2.86. The highest BCUT2D eigenvalue weighted by molar-refractivity contribution is 9.10. The second-order valence-electron chi connectivity index (χ2n) is 2.70. The first-order valence-electron chi connectivity index (χ1n) is 3.62. The van der Waals surface area contributed by atoms with Crippen molar-refractivity contribution < 1.29 is 8.42 Å². The molecule has 14 heavy (non-hydrogen) atoms. The van der Waals surface area contributed by atoms with Gasteiger partial charge >= 0.3 is 0 Å². The lowest BCUT2D eigenvalue weighted by Gasteiger charge is -2.20. The maximum absolute atomic E-state index is 11.6. The maximum atomic E-state index is 11.6. The van der Waals surface area contributed by atoms with Gasteiger partial charge in [0, 0.05) is 4.47 Å². The Morgan fingerprint density at radius 1 is 1.36 bits per heavy atom. The molecule has 0 aromatic heterocycles. The molecule has 0 radical (unpaired) electrons. The summed E-state index contributed by atoms with van der Waals surface area (Å²) in [6, 6.07) is 4.92. The van der Waals surface area contributed by atoms with E-state index in [9.17, 15) is 8.42 Å². The molecule has 1 aromatic carbocycles. The molecule has 0 amide bonds. The molecule has 74 valence electrons. The van der Waals surface area contributed by atoms with E-state index in [1.165, 1.54) is 6.07 Å². The average Bonchev–Trinajstić information content (AvgIpc) is 2.05. The van der Waals surface area contributed by atoms with Crippen LogP contribution in [-0.4, -0.2) is 13.5 Å². The normalized spacial score (nSPS) is 17.9. The van der Waals surface area contributed by atoms with Crippen LogP contribution >= 0.6 is 28.1 Å². The average molecular weight is 293 g/mol. The van der Waals surface area contributed by atoms with Crippen molar-refractivity contribution in [3.8, 4) is 0 Å². The van der Waals surface area contributed by atoms with Crippen LogP contribution in [0.15, 0.2) is 27.6 Å². The minimum atomic E-state index is -3.50. The van der Waals surface area contributed by atoms with E-state index >= 15 is 0 Å². The van der Waals surface area contributed by atoms with E-state index < -0.39 is 10.0 Å². The van der Waals surface area contributed by atoms with Crippen molar-refractivity contribution >= 4 is 49.0 Å². The highest BCUT2D eigenvalue weighted by Gasteiger charge is 2.25. The van der Waals surface area contributed by atoms with Crippen molar-refractivity contribution in [2.24, 2.45) is 0 Å². The van der Waals surface area contributed by atoms with Crippen molar-refractivity contribution in [1.82, 2.24) is 4.72 Å². The molecule has 0 saturated carbocycles. The van der Waals surface area contributed by atoms with Gasteiger partial charge in [0.25, 0.3) is 10.0 Å². The largest absolute Gasteiger partial charge is 0.331 e. The zero-order valence-electron chi connectivity index (χ0n) is 6.74. The minimum absolute atomic E-state index is 0.0971. The molecule has 0 atom stereocenters. The van der Waals surface area contributed by atoms with Gasteiger partial charge in [-0.05, 0) is 30.4 Å². The van der Waals surface area contributed by atoms with Crippen LogP contribution in [0.2, 0.25) is 0 Å². The molecule has 0 aliphatic carbocycles. The predicted octanol–water partition coefficient (Wildman–Crippen LogP) is 1.44. The van der Waals surface area contributed by atoms with Gasteiger partial charge in [-0.2, -0.15) is 0 Å². The standard InChI is InChI=1S/C7H5BrN2O2S2/c8-4-1-2-5-6(3-4)14(11,12)10-7(13)9-5/h1-3H,(H2,9,10,13). The van der Waals surface area contributed by atoms with E-state index in [-0.39, 0.29) is 10.0 Å². The smallest absolute Gasteiger partial charge is 0.265 e. The van der Waals surface area contributed by atoms with Crippen LogP contribution in [0, 0.1) is 0 Å². The number of benzene rings is 1. The van der Waals surface area contributed by atoms with E-state index in [0.29, 0.717) is 10.2 Å². The molecule has 1 aliphatic rings. The summed E-state index contributed by atoms with van der Waals surface area (Å²) in [4.78, 5) is 0.195. The number of hydrogen-bond donors (Lipinski definition) is 2. The first-order chi connectivity index (χ1) is 6.49. The Bertz CT molecular complexity index is 512. The molecule has 7 heteroatoms. The molecule has 2 N–H and O–H groups in total. The Kier molecular flexibility index (Phi) is 2.24. The molecule has 0 bridgehead atoms. The zero-order valence-corrected chi connectivity index (χ0v) is 9.96. The van der Waals surface area contributed by atoms with E-state index in [1.807, 2.05) is 0 Å². The number of hydrogen-bond acceptors (Lipinski definition) is 3. The van der Waals surface area contributed by atoms with E-state index in [0.717, 1.165) is 0 Å². The number of thiocarbonyl (C=S) groups is 1. The lowest BCUT2D eigenvalue weighted by atomic mass is 10.3. The fourth-order valence-corrected chi connectivity index (χ4v) is 3.19. The van der Waals surface area contributed by atoms with E-state index in [2.05, 4.69) is 26.0 Å². The van der Waals surface area contributed by atoms with Gasteiger partial charge < -0.3 is 5.32 Å². The van der Waals surface area contributed by atoms with E-state index in [1.54, 1.807) is 12.1 Å². The Balaban J connectivity index is 2.71. The third kappa shape index (κ3) is 1.62. The maximum Gasteiger partial charge on any atom is 0.265 e. The van der Waals surface area contributed by atoms with Gasteiger partial charge in [0.2, 0.25) is 0 Å². The SMILES string of the molecule is O=S1(=O)NC(=S)Nc2ccc(Br)cc21. The van der Waals surface area contributed by atoms with Crippen LogP contribution < -0.4 is 10.0 Å². The van der Waals surface area contributed by atoms with Gasteiger partial charge in [0.15, 0.2) is 5.11 Å². The molecule has 4 nitrogen and oxygen atoms in total. The summed E-state index contributed by atoms with van der Waals surface area (Å²) < 4.78 is 26.1. The van der Waals surface area contributed by atoms with Crippen molar-refractivity contribution in [1.29, 1.82) is 0 Å². The molecule has 2 rings (SSSR count). The number of nitrogens with one attached hydrogen (secondary N) is 2. The Morgan fingerprint density at radius 3 is 2.79 bits per heavy atom. The van der Waals surface area contributed by atoms with Crippen LogP contribution in [0.1, 0.15) is 0 Å². The Labute approximate surface area is 94.9 Å². The summed E-state index contributed by atoms with van der Waals surface area (Å²) >= 11 is 7.95. The van der Waals surface area contributed by atoms with Gasteiger partial charge in [-0.1, -0.05) is 15.9 Å². The van der Waals surface area contributed by atoms with Gasteiger partial charge in [-0.3, -0.25) is 4.72 Å². The first-order valence-corrected chi connectivity index (χ1v) is 6.31. The molecular weight excluding hydrogens is 288 g/mol. The van der Waals surface area contributed by atoms with Crippen molar-refractivity contribution in [3.63, 3.8) is 0 Å². The second kappa shape index (κ2) is 3.18. The van der Waals surface area contributed by atoms with Crippen LogP contribution in [-0.2, 0) is 10.0 Å². The number of sulfonamides is 1. The van der Waals surface area contributed by atoms with Crippen molar-refractivity contribution in [2.75, 3.05) is 5.32 Å². The van der Waals surface area contributed by atoms with Gasteiger partial charge in [0.05, 0.1) is 5.69 Å². The lowest BCUT2D eigenvalue weighted by molar-refractivity contribution is 0.592. The molecule has 1 heterocycles. The number of fused-ring (bicyclic) bond motifs is 1. The molecule has 0 spiro atoms. The topological polar surface area (TPSA) is 58.2 Å². The number of anilines is 1. The lowest BCUT2D eigenvalue weighted by Crippen LogP contribution is -2.39. The van der Waals surface area contributed by atoms with Crippen LogP contribution in [0.25, 0.3) is 0 Å². The van der Waals surface area contributed by atoms with Crippen LogP contribution in [0.5, 0.6) is 0 Å². The minimum Gasteiger partial charge on any atom is -0.331 e. The highest BCUT2D eigenvalue weighted by Crippen LogP contribution is 2.27. The van der Waals surface area contributed by atoms with Crippen molar-refractivity contribution in [2.45, 2.75) is 4.90 Å². The highest BCUT2D eigenvalue weighted by atomic mass is 79.9. The Morgan fingerprint density at radius 2 is 2.07 bits per heavy atom. The van der Waals surface area contributed by atoms with Crippen LogP contribution in [0.4, 0.5) is 5.69 Å². The second-order valence-corrected chi connectivity index (χ2v) is 5.67. The quantitative estimate of drug-likeness (QED) is 0.711. The molecule has 0 fully saturated rings. The monoisotopic (exact) mass is 292 g/mol. The molecule has 1 aliphatic heterocycles. The molecular formula is C7H5BrN2O2S2. The summed E-state index contributed by atoms with van der Waals surface area (Å²) in [5.41, 5.74) is 0.497. The third-order valence-corrected chi connectivity index (χ3v) is 3.92. The number of rotatable bonds is 0. The van der Waals surface area contributed by atoms with Crippen LogP contribution in [0.3, 0.4) is 0 Å². The first kappa shape index (κ1) is 9.88. The van der Waals surface area contributed by atoms with E-state index in [4.69, 9.17) is 12.2 Å². The Hall–Kier alpha value is -0.660. The van der Waals surface area contributed by atoms with Crippen molar-refractivity contribution in [3.05, 3.63) is 22.7 Å². The fraction of sp³-hybridized carbons (Fsp3) is 0. The molecule has 0 unspecified atom stereocenters. The van der Waals surface area contributed by atoms with Gasteiger partial charge in [-0.25, -0.2) is 8.42 Å². The summed E-state index contributed by atoms with van der Waals surface area (Å²) in [7, 11) is -3.50. The fourth-order valence-electron chi connectivity index (χ4n) is 1.15. The van der Waals surface area contributed by atoms with Gasteiger partial charge in [-0.15, -0.1) is 0 Å². The predicted molar refractivity (Wildman–Crippen MR) is 60.7 cm³/mol. The third-order valence-electron chi connectivity index (χ3n) is 1.71. The summed E-state index contributed by atoms with van der Waals surface area (Å²) in [6.07, 6.45) is 0. The number of halogens is 1. The summed E-state index contributed by atoms with van der Waals surface area (Å²) in [5.74, 6) is 0. The zero-order chi connectivity index (χ0) is 10.3. The molecule has 0 saturated heterocycles.